The van der Waals surface area contributed by atoms with Crippen LogP contribution in [0.1, 0.15) is 40.5 Å². The molecule has 0 saturated carbocycles. The first kappa shape index (κ1) is 13.7. The second-order valence-electron chi connectivity index (χ2n) is 6.11. The van der Waals surface area contributed by atoms with E-state index in [0.29, 0.717) is 0 Å². The molecule has 1 fully saturated rings. The van der Waals surface area contributed by atoms with Gasteiger partial charge in [0.25, 0.3) is 0 Å². The lowest BCUT2D eigenvalue weighted by molar-refractivity contribution is 0.435. The van der Waals surface area contributed by atoms with Crippen molar-refractivity contribution in [2.75, 3.05) is 18.0 Å². The number of rotatable bonds is 2. The fourth-order valence-corrected chi connectivity index (χ4v) is 2.93. The van der Waals surface area contributed by atoms with Crippen molar-refractivity contribution in [3.05, 3.63) is 12.1 Å². The molecule has 0 aliphatic carbocycles. The van der Waals surface area contributed by atoms with Crippen LogP contribution in [0.5, 0.6) is 0 Å². The van der Waals surface area contributed by atoms with Crippen LogP contribution in [0.25, 0.3) is 0 Å². The minimum Gasteiger partial charge on any atom is -0.355 e. The Labute approximate surface area is 114 Å². The van der Waals surface area contributed by atoms with Crippen LogP contribution in [0.2, 0.25) is 0 Å². The van der Waals surface area contributed by atoms with Gasteiger partial charge in [-0.25, -0.2) is 0 Å². The van der Waals surface area contributed by atoms with Gasteiger partial charge in [-0.1, -0.05) is 39.5 Å². The summed E-state index contributed by atoms with van der Waals surface area (Å²) in [5.74, 6) is 1.88. The van der Waals surface area contributed by atoms with Crippen molar-refractivity contribution in [1.29, 1.82) is 0 Å². The lowest BCUT2D eigenvalue weighted by Gasteiger charge is -2.30. The summed E-state index contributed by atoms with van der Waals surface area (Å²) >= 11 is 1.76. The highest BCUT2D eigenvalue weighted by Gasteiger charge is 2.18. The van der Waals surface area contributed by atoms with Crippen molar-refractivity contribution < 1.29 is 0 Å². The van der Waals surface area contributed by atoms with E-state index in [1.54, 1.807) is 11.8 Å². The van der Waals surface area contributed by atoms with Gasteiger partial charge in [-0.2, -0.15) is 0 Å². The maximum Gasteiger partial charge on any atom is 0.151 e. The first-order valence-corrected chi connectivity index (χ1v) is 7.53. The van der Waals surface area contributed by atoms with E-state index < -0.39 is 0 Å². The predicted molar refractivity (Wildman–Crippen MR) is 78.3 cm³/mol. The van der Waals surface area contributed by atoms with E-state index in [4.69, 9.17) is 0 Å². The number of thioether (sulfide) groups is 1. The highest BCUT2D eigenvalue weighted by molar-refractivity contribution is 8.00. The summed E-state index contributed by atoms with van der Waals surface area (Å²) in [5, 5.41) is 9.71. The molecule has 0 atom stereocenters. The number of nitrogens with zero attached hydrogens (tertiary/aromatic N) is 3. The normalized spacial score (nSPS) is 18.1. The average molecular weight is 265 g/mol. The summed E-state index contributed by atoms with van der Waals surface area (Å²) in [6.45, 7) is 11.1. The van der Waals surface area contributed by atoms with Gasteiger partial charge >= 0.3 is 0 Å². The third kappa shape index (κ3) is 3.87. The van der Waals surface area contributed by atoms with Crippen LogP contribution in [0, 0.1) is 5.92 Å². The maximum absolute atomic E-state index is 4.37. The van der Waals surface area contributed by atoms with Crippen molar-refractivity contribution in [2.24, 2.45) is 5.92 Å². The summed E-state index contributed by atoms with van der Waals surface area (Å²) in [4.78, 5) is 2.35. The third-order valence-electron chi connectivity index (χ3n) is 3.14. The first-order valence-electron chi connectivity index (χ1n) is 6.72. The van der Waals surface area contributed by atoms with Crippen LogP contribution >= 0.6 is 11.8 Å². The zero-order chi connectivity index (χ0) is 13.2. The smallest absolute Gasteiger partial charge is 0.151 e. The van der Waals surface area contributed by atoms with Crippen LogP contribution < -0.4 is 4.90 Å². The van der Waals surface area contributed by atoms with Crippen molar-refractivity contribution >= 4 is 17.6 Å². The highest BCUT2D eigenvalue weighted by atomic mass is 32.2. The Morgan fingerprint density at radius 3 is 2.33 bits per heavy atom. The Kier molecular flexibility index (Phi) is 4.15. The van der Waals surface area contributed by atoms with E-state index in [1.165, 1.54) is 12.8 Å². The lowest BCUT2D eigenvalue weighted by Crippen LogP contribution is -2.33. The number of piperidine rings is 1. The molecule has 0 radical (unpaired) electrons. The Bertz CT molecular complexity index is 375. The highest BCUT2D eigenvalue weighted by Crippen LogP contribution is 2.30. The molecule has 2 heterocycles. The molecule has 2 rings (SSSR count). The summed E-state index contributed by atoms with van der Waals surface area (Å²) in [6, 6.07) is 4.20. The fraction of sp³-hybridized carbons (Fsp3) is 0.714. The van der Waals surface area contributed by atoms with Gasteiger partial charge < -0.3 is 4.90 Å². The van der Waals surface area contributed by atoms with Crippen LogP contribution in [0.4, 0.5) is 5.82 Å². The molecule has 0 amide bonds. The molecule has 1 aliphatic rings. The summed E-state index contributed by atoms with van der Waals surface area (Å²) < 4.78 is 0.191. The molecule has 4 heteroatoms. The molecule has 1 aliphatic heterocycles. The number of hydrogen-bond acceptors (Lipinski definition) is 4. The number of anilines is 1. The maximum atomic E-state index is 4.37. The van der Waals surface area contributed by atoms with Crippen LogP contribution in [0.15, 0.2) is 17.2 Å². The molecule has 0 spiro atoms. The zero-order valence-corrected chi connectivity index (χ0v) is 12.6. The summed E-state index contributed by atoms with van der Waals surface area (Å²) in [7, 11) is 0. The quantitative estimate of drug-likeness (QED) is 0.764. The second-order valence-corrected chi connectivity index (χ2v) is 7.96. The van der Waals surface area contributed by atoms with Crippen LogP contribution in [0.3, 0.4) is 0 Å². The van der Waals surface area contributed by atoms with Gasteiger partial charge in [-0.3, -0.25) is 0 Å². The minimum absolute atomic E-state index is 0.191. The topological polar surface area (TPSA) is 29.0 Å². The van der Waals surface area contributed by atoms with Crippen molar-refractivity contribution in [3.63, 3.8) is 0 Å². The van der Waals surface area contributed by atoms with E-state index in [0.717, 1.165) is 29.9 Å². The Balaban J connectivity index is 1.99. The molecule has 0 N–H and O–H groups in total. The lowest BCUT2D eigenvalue weighted by atomic mass is 9.99. The minimum atomic E-state index is 0.191. The molecule has 1 aromatic rings. The van der Waals surface area contributed by atoms with Gasteiger partial charge in [0, 0.05) is 17.8 Å². The van der Waals surface area contributed by atoms with E-state index in [1.807, 2.05) is 0 Å². The Hall–Kier alpha value is -0.770. The molecule has 3 nitrogen and oxygen atoms in total. The molecule has 1 aromatic heterocycles. The predicted octanol–water partition coefficient (Wildman–Crippen LogP) is 3.60. The fourth-order valence-electron chi connectivity index (χ4n) is 2.09. The summed E-state index contributed by atoms with van der Waals surface area (Å²) in [5.41, 5.74) is 0. The van der Waals surface area contributed by atoms with Gasteiger partial charge in [-0.05, 0) is 30.9 Å². The first-order chi connectivity index (χ1) is 8.44. The number of aromatic nitrogens is 2. The molecular weight excluding hydrogens is 242 g/mol. The van der Waals surface area contributed by atoms with E-state index in [9.17, 15) is 0 Å². The van der Waals surface area contributed by atoms with Crippen LogP contribution in [-0.4, -0.2) is 28.0 Å². The van der Waals surface area contributed by atoms with E-state index in [2.05, 4.69) is 54.9 Å². The molecule has 18 heavy (non-hydrogen) atoms. The largest absolute Gasteiger partial charge is 0.355 e. The van der Waals surface area contributed by atoms with Gasteiger partial charge in [0.2, 0.25) is 0 Å². The molecule has 0 bridgehead atoms. The zero-order valence-electron chi connectivity index (χ0n) is 11.8. The van der Waals surface area contributed by atoms with Gasteiger partial charge in [0.1, 0.15) is 5.03 Å². The average Bonchev–Trinajstić information content (AvgIpc) is 2.29. The van der Waals surface area contributed by atoms with Crippen molar-refractivity contribution in [1.82, 2.24) is 10.2 Å². The molecule has 0 unspecified atom stereocenters. The standard InChI is InChI=1S/C14H23N3S/c1-11-7-9-17(10-8-11)12-5-6-13(16-15-12)18-14(2,3)4/h5-6,11H,7-10H2,1-4H3. The van der Waals surface area contributed by atoms with Crippen LogP contribution in [-0.2, 0) is 0 Å². The van der Waals surface area contributed by atoms with E-state index in [-0.39, 0.29) is 4.75 Å². The summed E-state index contributed by atoms with van der Waals surface area (Å²) in [6.07, 6.45) is 2.53. The third-order valence-corrected chi connectivity index (χ3v) is 4.18. The Morgan fingerprint density at radius 2 is 1.83 bits per heavy atom. The molecule has 1 saturated heterocycles. The molecular formula is C14H23N3S. The van der Waals surface area contributed by atoms with Gasteiger partial charge in [0.05, 0.1) is 0 Å². The second kappa shape index (κ2) is 5.47. The molecule has 0 aromatic carbocycles. The number of hydrogen-bond donors (Lipinski definition) is 0. The van der Waals surface area contributed by atoms with E-state index >= 15 is 0 Å². The molecule has 100 valence electrons. The van der Waals surface area contributed by atoms with Crippen molar-refractivity contribution in [3.8, 4) is 0 Å². The van der Waals surface area contributed by atoms with Gasteiger partial charge in [0.15, 0.2) is 5.82 Å². The van der Waals surface area contributed by atoms with Gasteiger partial charge in [-0.15, -0.1) is 10.2 Å². The Morgan fingerprint density at radius 1 is 1.17 bits per heavy atom. The van der Waals surface area contributed by atoms with Crippen molar-refractivity contribution in [2.45, 2.75) is 50.3 Å². The monoisotopic (exact) mass is 265 g/mol. The SMILES string of the molecule is CC1CCN(c2ccc(SC(C)(C)C)nn2)CC1.